The molecule has 0 radical (unpaired) electrons. The molecule has 3 N–H and O–H groups in total. The second kappa shape index (κ2) is 5.94. The van der Waals surface area contributed by atoms with Gasteiger partial charge in [-0.3, -0.25) is 0 Å². The third-order valence-corrected chi connectivity index (χ3v) is 4.95. The predicted octanol–water partition coefficient (Wildman–Crippen LogP) is 1.80. The van der Waals surface area contributed by atoms with Gasteiger partial charge in [-0.1, -0.05) is 0 Å². The van der Waals surface area contributed by atoms with Crippen molar-refractivity contribution in [1.29, 1.82) is 0 Å². The Morgan fingerprint density at radius 3 is 2.70 bits per heavy atom. The van der Waals surface area contributed by atoms with Gasteiger partial charge < -0.3 is 10.1 Å². The first-order chi connectivity index (χ1) is 9.40. The molecular formula is C12H11IN2O4S. The Hall–Kier alpha value is -1.39. The van der Waals surface area contributed by atoms with E-state index < -0.39 is 16.0 Å². The van der Waals surface area contributed by atoms with Gasteiger partial charge in [0.1, 0.15) is 0 Å². The summed E-state index contributed by atoms with van der Waals surface area (Å²) in [6.07, 6.45) is 3.37. The van der Waals surface area contributed by atoms with E-state index in [-0.39, 0.29) is 17.0 Å². The molecule has 0 saturated carbocycles. The number of carbonyl (C=O) groups is 1. The van der Waals surface area contributed by atoms with E-state index in [0.29, 0.717) is 3.57 Å². The summed E-state index contributed by atoms with van der Waals surface area (Å²) in [5.74, 6) is -1.16. The monoisotopic (exact) mass is 406 g/mol. The van der Waals surface area contributed by atoms with Crippen LogP contribution >= 0.6 is 22.6 Å². The number of aromatic amines is 1. The van der Waals surface area contributed by atoms with Gasteiger partial charge in [0.2, 0.25) is 10.0 Å². The van der Waals surface area contributed by atoms with Gasteiger partial charge in [0, 0.05) is 22.5 Å². The van der Waals surface area contributed by atoms with Gasteiger partial charge in [-0.05, 0) is 52.4 Å². The van der Waals surface area contributed by atoms with Gasteiger partial charge in [0.25, 0.3) is 0 Å². The van der Waals surface area contributed by atoms with E-state index in [2.05, 4.69) is 9.71 Å². The quantitative estimate of drug-likeness (QED) is 0.660. The fourth-order valence-electron chi connectivity index (χ4n) is 1.57. The lowest BCUT2D eigenvalue weighted by Gasteiger charge is -2.07. The molecule has 0 atom stereocenters. The highest BCUT2D eigenvalue weighted by Gasteiger charge is 2.18. The summed E-state index contributed by atoms with van der Waals surface area (Å²) in [5.41, 5.74) is 0.757. The van der Waals surface area contributed by atoms with Gasteiger partial charge in [0.15, 0.2) is 0 Å². The zero-order valence-corrected chi connectivity index (χ0v) is 13.1. The SMILES string of the molecule is O=C(O)c1cc(S(=O)(=O)NCc2cc[nH]c2)ccc1I. The fraction of sp³-hybridized carbons (Fsp3) is 0.0833. The molecule has 0 spiro atoms. The highest BCUT2D eigenvalue weighted by Crippen LogP contribution is 2.18. The van der Waals surface area contributed by atoms with E-state index in [1.165, 1.54) is 12.1 Å². The Bertz CT molecular complexity index is 726. The molecule has 0 amide bonds. The molecule has 1 aromatic carbocycles. The fourth-order valence-corrected chi connectivity index (χ4v) is 3.18. The van der Waals surface area contributed by atoms with E-state index >= 15 is 0 Å². The first-order valence-corrected chi connectivity index (χ1v) is 8.10. The number of hydrogen-bond donors (Lipinski definition) is 3. The van der Waals surface area contributed by atoms with Gasteiger partial charge in [-0.25, -0.2) is 17.9 Å². The molecule has 6 nitrogen and oxygen atoms in total. The smallest absolute Gasteiger partial charge is 0.336 e. The maximum absolute atomic E-state index is 12.1. The molecule has 0 aliphatic heterocycles. The second-order valence-electron chi connectivity index (χ2n) is 3.99. The van der Waals surface area contributed by atoms with E-state index in [1.807, 2.05) is 22.6 Å². The topological polar surface area (TPSA) is 99.3 Å². The summed E-state index contributed by atoms with van der Waals surface area (Å²) in [4.78, 5) is 13.8. The highest BCUT2D eigenvalue weighted by molar-refractivity contribution is 14.1. The third-order valence-electron chi connectivity index (χ3n) is 2.61. The van der Waals surface area contributed by atoms with Crippen LogP contribution in [0.5, 0.6) is 0 Å². The summed E-state index contributed by atoms with van der Waals surface area (Å²) < 4.78 is 27.1. The van der Waals surface area contributed by atoms with E-state index in [9.17, 15) is 13.2 Å². The lowest BCUT2D eigenvalue weighted by molar-refractivity contribution is 0.0695. The van der Waals surface area contributed by atoms with Crippen LogP contribution in [0.1, 0.15) is 15.9 Å². The van der Waals surface area contributed by atoms with Crippen molar-refractivity contribution in [2.75, 3.05) is 0 Å². The standard InChI is InChI=1S/C12H11IN2O4S/c13-11-2-1-9(5-10(11)12(16)17)20(18,19)15-7-8-3-4-14-6-8/h1-6,14-15H,7H2,(H,16,17). The van der Waals surface area contributed by atoms with E-state index in [0.717, 1.165) is 11.6 Å². The summed E-state index contributed by atoms with van der Waals surface area (Å²) in [6, 6.07) is 5.76. The summed E-state index contributed by atoms with van der Waals surface area (Å²) in [5, 5.41) is 9.01. The number of rotatable bonds is 5. The Balaban J connectivity index is 2.25. The van der Waals surface area contributed by atoms with Gasteiger partial charge in [0.05, 0.1) is 10.5 Å². The summed E-state index contributed by atoms with van der Waals surface area (Å²) in [7, 11) is -3.74. The summed E-state index contributed by atoms with van der Waals surface area (Å²) >= 11 is 1.85. The van der Waals surface area contributed by atoms with Crippen LogP contribution in [0.2, 0.25) is 0 Å². The van der Waals surface area contributed by atoms with Crippen LogP contribution < -0.4 is 4.72 Å². The van der Waals surface area contributed by atoms with E-state index in [4.69, 9.17) is 5.11 Å². The molecule has 0 saturated heterocycles. The maximum Gasteiger partial charge on any atom is 0.336 e. The van der Waals surface area contributed by atoms with Crippen molar-refractivity contribution >= 4 is 38.6 Å². The van der Waals surface area contributed by atoms with Crippen molar-refractivity contribution in [1.82, 2.24) is 9.71 Å². The van der Waals surface area contributed by atoms with Crippen LogP contribution in [0.3, 0.4) is 0 Å². The molecule has 1 aromatic heterocycles. The first-order valence-electron chi connectivity index (χ1n) is 5.54. The van der Waals surface area contributed by atoms with Crippen LogP contribution in [0.4, 0.5) is 0 Å². The largest absolute Gasteiger partial charge is 0.478 e. The zero-order chi connectivity index (χ0) is 14.8. The number of carboxylic acid groups (broad SMARTS) is 1. The maximum atomic E-state index is 12.1. The lowest BCUT2D eigenvalue weighted by atomic mass is 10.2. The number of aromatic carboxylic acids is 1. The number of carboxylic acids is 1. The number of H-pyrrole nitrogens is 1. The number of hydrogen-bond acceptors (Lipinski definition) is 3. The number of nitrogens with one attached hydrogen (secondary N) is 2. The van der Waals surface area contributed by atoms with Gasteiger partial charge in [-0.15, -0.1) is 0 Å². The zero-order valence-electron chi connectivity index (χ0n) is 10.1. The molecule has 2 rings (SSSR count). The Morgan fingerprint density at radius 1 is 1.35 bits per heavy atom. The van der Waals surface area contributed by atoms with Crippen LogP contribution in [-0.4, -0.2) is 24.5 Å². The number of benzene rings is 1. The van der Waals surface area contributed by atoms with Crippen LogP contribution in [0, 0.1) is 3.57 Å². The molecule has 0 unspecified atom stereocenters. The lowest BCUT2D eigenvalue weighted by Crippen LogP contribution is -2.23. The second-order valence-corrected chi connectivity index (χ2v) is 6.92. The Kier molecular flexibility index (Phi) is 4.45. The normalized spacial score (nSPS) is 11.4. The summed E-state index contributed by atoms with van der Waals surface area (Å²) in [6.45, 7) is 0.139. The molecule has 0 bridgehead atoms. The molecule has 0 fully saturated rings. The minimum atomic E-state index is -3.74. The minimum Gasteiger partial charge on any atom is -0.478 e. The van der Waals surface area contributed by atoms with Crippen molar-refractivity contribution in [2.24, 2.45) is 0 Å². The molecule has 0 aliphatic rings. The first kappa shape index (κ1) is 15.0. The highest BCUT2D eigenvalue weighted by atomic mass is 127. The van der Waals surface area contributed by atoms with Crippen molar-refractivity contribution in [3.63, 3.8) is 0 Å². The predicted molar refractivity (Wildman–Crippen MR) is 80.9 cm³/mol. The van der Waals surface area contributed by atoms with Crippen molar-refractivity contribution in [3.8, 4) is 0 Å². The van der Waals surface area contributed by atoms with E-state index in [1.54, 1.807) is 18.5 Å². The molecule has 2 aromatic rings. The number of halogens is 1. The molecule has 8 heteroatoms. The van der Waals surface area contributed by atoms with Crippen molar-refractivity contribution in [3.05, 3.63) is 51.4 Å². The molecule has 1 heterocycles. The van der Waals surface area contributed by atoms with Crippen LogP contribution in [-0.2, 0) is 16.6 Å². The molecule has 0 aliphatic carbocycles. The minimum absolute atomic E-state index is 0.0323. The molecule has 20 heavy (non-hydrogen) atoms. The van der Waals surface area contributed by atoms with Crippen LogP contribution in [0.15, 0.2) is 41.6 Å². The molecule has 106 valence electrons. The van der Waals surface area contributed by atoms with Crippen molar-refractivity contribution in [2.45, 2.75) is 11.4 Å². The molecular weight excluding hydrogens is 395 g/mol. The Labute approximate surface area is 129 Å². The number of aromatic nitrogens is 1. The number of sulfonamides is 1. The average molecular weight is 406 g/mol. The van der Waals surface area contributed by atoms with Gasteiger partial charge in [-0.2, -0.15) is 0 Å². The Morgan fingerprint density at radius 2 is 2.10 bits per heavy atom. The third kappa shape index (κ3) is 3.38. The average Bonchev–Trinajstić information content (AvgIpc) is 2.89. The van der Waals surface area contributed by atoms with Crippen LogP contribution in [0.25, 0.3) is 0 Å². The van der Waals surface area contributed by atoms with Gasteiger partial charge >= 0.3 is 5.97 Å². The van der Waals surface area contributed by atoms with Crippen molar-refractivity contribution < 1.29 is 18.3 Å².